The molecule has 1 aromatic heterocycles. The molecular weight excluding hydrogens is 273 g/mol. The summed E-state index contributed by atoms with van der Waals surface area (Å²) in [6.45, 7) is 2.42. The van der Waals surface area contributed by atoms with Crippen LogP contribution in [0, 0.1) is 5.82 Å². The number of carbonyl (C=O) groups is 1. The summed E-state index contributed by atoms with van der Waals surface area (Å²) in [6.07, 6.45) is 2.09. The number of aryl methyl sites for hydroxylation is 1. The molecule has 0 saturated carbocycles. The third-order valence-corrected chi connectivity index (χ3v) is 3.37. The molecule has 0 spiro atoms. The van der Waals surface area contributed by atoms with Crippen molar-refractivity contribution in [2.45, 2.75) is 25.9 Å². The van der Waals surface area contributed by atoms with E-state index in [1.54, 1.807) is 23.9 Å². The average Bonchev–Trinajstić information content (AvgIpc) is 2.80. The number of nitrogens with zero attached hydrogens (tertiary/aromatic N) is 2. The number of aromatic nitrogens is 2. The Bertz CT molecular complexity index is 622. The predicted octanol–water partition coefficient (Wildman–Crippen LogP) is 1.98. The summed E-state index contributed by atoms with van der Waals surface area (Å²) < 4.78 is 14.4. The van der Waals surface area contributed by atoms with Crippen LogP contribution in [0.25, 0.3) is 0 Å². The molecule has 6 heteroatoms. The van der Waals surface area contributed by atoms with Gasteiger partial charge in [-0.15, -0.1) is 0 Å². The smallest absolute Gasteiger partial charge is 0.339 e. The minimum absolute atomic E-state index is 0.131. The molecular formula is C15H18FN3O2. The van der Waals surface area contributed by atoms with Gasteiger partial charge in [0.05, 0.1) is 11.9 Å². The molecule has 0 aliphatic heterocycles. The van der Waals surface area contributed by atoms with Crippen LogP contribution in [0.1, 0.15) is 28.5 Å². The zero-order valence-corrected chi connectivity index (χ0v) is 12.0. The Morgan fingerprint density at radius 1 is 1.43 bits per heavy atom. The zero-order valence-electron chi connectivity index (χ0n) is 12.0. The van der Waals surface area contributed by atoms with Gasteiger partial charge in [-0.05, 0) is 31.0 Å². The van der Waals surface area contributed by atoms with Crippen molar-refractivity contribution in [3.05, 3.63) is 53.1 Å². The summed E-state index contributed by atoms with van der Waals surface area (Å²) in [5.74, 6) is -1.23. The summed E-state index contributed by atoms with van der Waals surface area (Å²) in [5.41, 5.74) is 1.87. The van der Waals surface area contributed by atoms with E-state index in [0.29, 0.717) is 12.2 Å². The molecule has 0 aliphatic carbocycles. The van der Waals surface area contributed by atoms with Crippen LogP contribution in [0.5, 0.6) is 0 Å². The number of benzene rings is 1. The molecule has 112 valence electrons. The topological polar surface area (TPSA) is 67.2 Å². The largest absolute Gasteiger partial charge is 0.478 e. The minimum Gasteiger partial charge on any atom is -0.478 e. The highest BCUT2D eigenvalue weighted by Crippen LogP contribution is 2.09. The number of rotatable bonds is 6. The quantitative estimate of drug-likeness (QED) is 0.854. The van der Waals surface area contributed by atoms with Gasteiger partial charge in [0.2, 0.25) is 0 Å². The first-order chi connectivity index (χ1) is 9.97. The second-order valence-electron chi connectivity index (χ2n) is 5.05. The van der Waals surface area contributed by atoms with E-state index in [0.717, 1.165) is 12.0 Å². The van der Waals surface area contributed by atoms with Gasteiger partial charge in [0, 0.05) is 19.6 Å². The Labute approximate surface area is 122 Å². The van der Waals surface area contributed by atoms with Crippen molar-refractivity contribution in [3.8, 4) is 0 Å². The SMILES string of the molecule is CC(Cc1ccc(F)cc1)NCc1c(C(=O)O)cnn1C. The molecule has 2 aromatic rings. The normalized spacial score (nSPS) is 12.3. The number of carboxylic acids is 1. The minimum atomic E-state index is -0.980. The lowest BCUT2D eigenvalue weighted by Crippen LogP contribution is -2.29. The van der Waals surface area contributed by atoms with E-state index in [1.807, 2.05) is 6.92 Å². The summed E-state index contributed by atoms with van der Waals surface area (Å²) in [6, 6.07) is 6.50. The van der Waals surface area contributed by atoms with E-state index in [-0.39, 0.29) is 17.4 Å². The maximum absolute atomic E-state index is 12.8. The van der Waals surface area contributed by atoms with Crippen LogP contribution in [0.2, 0.25) is 0 Å². The van der Waals surface area contributed by atoms with Crippen LogP contribution >= 0.6 is 0 Å². The molecule has 1 heterocycles. The summed E-state index contributed by atoms with van der Waals surface area (Å²) >= 11 is 0. The van der Waals surface area contributed by atoms with Crippen molar-refractivity contribution in [2.75, 3.05) is 0 Å². The molecule has 0 bridgehead atoms. The summed E-state index contributed by atoms with van der Waals surface area (Å²) in [7, 11) is 1.72. The van der Waals surface area contributed by atoms with Crippen molar-refractivity contribution >= 4 is 5.97 Å². The maximum atomic E-state index is 12.8. The van der Waals surface area contributed by atoms with Gasteiger partial charge < -0.3 is 10.4 Å². The van der Waals surface area contributed by atoms with Gasteiger partial charge in [-0.1, -0.05) is 12.1 Å². The lowest BCUT2D eigenvalue weighted by molar-refractivity contribution is 0.0695. The van der Waals surface area contributed by atoms with Gasteiger partial charge in [-0.3, -0.25) is 4.68 Å². The van der Waals surface area contributed by atoms with Gasteiger partial charge in [0.15, 0.2) is 0 Å². The molecule has 1 atom stereocenters. The van der Waals surface area contributed by atoms with Crippen molar-refractivity contribution in [1.29, 1.82) is 0 Å². The van der Waals surface area contributed by atoms with Gasteiger partial charge in [0.1, 0.15) is 11.4 Å². The number of hydrogen-bond acceptors (Lipinski definition) is 3. The molecule has 0 fully saturated rings. The fraction of sp³-hybridized carbons (Fsp3) is 0.333. The van der Waals surface area contributed by atoms with Crippen molar-refractivity contribution in [1.82, 2.24) is 15.1 Å². The molecule has 0 amide bonds. The standard InChI is InChI=1S/C15H18FN3O2/c1-10(7-11-3-5-12(16)6-4-11)17-9-14-13(15(20)21)8-18-19(14)2/h3-6,8,10,17H,7,9H2,1-2H3,(H,20,21). The molecule has 5 nitrogen and oxygen atoms in total. The number of halogens is 1. The van der Waals surface area contributed by atoms with Crippen LogP contribution in [0.4, 0.5) is 4.39 Å². The zero-order chi connectivity index (χ0) is 15.4. The third-order valence-electron chi connectivity index (χ3n) is 3.37. The Morgan fingerprint density at radius 3 is 2.71 bits per heavy atom. The van der Waals surface area contributed by atoms with E-state index in [2.05, 4.69) is 10.4 Å². The van der Waals surface area contributed by atoms with Crippen LogP contribution < -0.4 is 5.32 Å². The molecule has 0 aliphatic rings. The van der Waals surface area contributed by atoms with E-state index < -0.39 is 5.97 Å². The third kappa shape index (κ3) is 3.88. The highest BCUT2D eigenvalue weighted by atomic mass is 19.1. The van der Waals surface area contributed by atoms with E-state index >= 15 is 0 Å². The summed E-state index contributed by atoms with van der Waals surface area (Å²) in [5, 5.41) is 16.3. The van der Waals surface area contributed by atoms with Crippen molar-refractivity contribution in [2.24, 2.45) is 7.05 Å². The Balaban J connectivity index is 1.95. The van der Waals surface area contributed by atoms with Crippen molar-refractivity contribution in [3.63, 3.8) is 0 Å². The van der Waals surface area contributed by atoms with Gasteiger partial charge in [-0.2, -0.15) is 5.10 Å². The van der Waals surface area contributed by atoms with E-state index in [1.165, 1.54) is 18.3 Å². The second-order valence-corrected chi connectivity index (χ2v) is 5.05. The number of aromatic carboxylic acids is 1. The number of carboxylic acid groups (broad SMARTS) is 1. The first kappa shape index (κ1) is 15.2. The molecule has 0 saturated heterocycles. The molecule has 1 unspecified atom stereocenters. The van der Waals surface area contributed by atoms with Gasteiger partial charge in [0.25, 0.3) is 0 Å². The Hall–Kier alpha value is -2.21. The molecule has 2 rings (SSSR count). The molecule has 1 aromatic carbocycles. The average molecular weight is 291 g/mol. The first-order valence-corrected chi connectivity index (χ1v) is 6.69. The van der Waals surface area contributed by atoms with Crippen molar-refractivity contribution < 1.29 is 14.3 Å². The second kappa shape index (κ2) is 6.49. The van der Waals surface area contributed by atoms with Crippen LogP contribution in [-0.2, 0) is 20.0 Å². The van der Waals surface area contributed by atoms with E-state index in [9.17, 15) is 9.18 Å². The Morgan fingerprint density at radius 2 is 2.10 bits per heavy atom. The summed E-state index contributed by atoms with van der Waals surface area (Å²) in [4.78, 5) is 11.1. The molecule has 0 radical (unpaired) electrons. The van der Waals surface area contributed by atoms with Crippen LogP contribution in [0.3, 0.4) is 0 Å². The lowest BCUT2D eigenvalue weighted by atomic mass is 10.1. The predicted molar refractivity (Wildman–Crippen MR) is 76.6 cm³/mol. The maximum Gasteiger partial charge on any atom is 0.339 e. The molecule has 21 heavy (non-hydrogen) atoms. The number of nitrogens with one attached hydrogen (secondary N) is 1. The Kier molecular flexibility index (Phi) is 4.70. The van der Waals surface area contributed by atoms with Gasteiger partial charge >= 0.3 is 5.97 Å². The first-order valence-electron chi connectivity index (χ1n) is 6.69. The van der Waals surface area contributed by atoms with Gasteiger partial charge in [-0.25, -0.2) is 9.18 Å². The number of hydrogen-bond donors (Lipinski definition) is 2. The van der Waals surface area contributed by atoms with E-state index in [4.69, 9.17) is 5.11 Å². The molecule has 2 N–H and O–H groups in total. The fourth-order valence-electron chi connectivity index (χ4n) is 2.17. The van der Waals surface area contributed by atoms with Crippen LogP contribution in [-0.4, -0.2) is 26.9 Å². The highest BCUT2D eigenvalue weighted by molar-refractivity contribution is 5.88. The van der Waals surface area contributed by atoms with Crippen LogP contribution in [0.15, 0.2) is 30.5 Å². The lowest BCUT2D eigenvalue weighted by Gasteiger charge is -2.14. The monoisotopic (exact) mass is 291 g/mol. The fourth-order valence-corrected chi connectivity index (χ4v) is 2.17. The highest BCUT2D eigenvalue weighted by Gasteiger charge is 2.15.